The van der Waals surface area contributed by atoms with Gasteiger partial charge in [-0.15, -0.1) is 0 Å². The van der Waals surface area contributed by atoms with Crippen LogP contribution in [0.5, 0.6) is 0 Å². The fraction of sp³-hybridized carbons (Fsp3) is 0.571. The summed E-state index contributed by atoms with van der Waals surface area (Å²) in [5, 5.41) is 0. The molecule has 1 aromatic carbocycles. The average Bonchev–Trinajstić information content (AvgIpc) is 2.80. The summed E-state index contributed by atoms with van der Waals surface area (Å²) in [6, 6.07) is 5.48. The van der Waals surface area contributed by atoms with E-state index in [-0.39, 0.29) is 0 Å². The van der Waals surface area contributed by atoms with Crippen LogP contribution in [-0.2, 0) is 10.0 Å². The van der Waals surface area contributed by atoms with Crippen molar-refractivity contribution in [2.24, 2.45) is 5.73 Å². The Morgan fingerprint density at radius 2 is 1.89 bits per heavy atom. The molecule has 0 amide bonds. The molecule has 3 N–H and O–H groups in total. The zero-order chi connectivity index (χ0) is 14.1. The fourth-order valence-electron chi connectivity index (χ4n) is 2.74. The Morgan fingerprint density at radius 1 is 1.26 bits per heavy atom. The Bertz CT molecular complexity index is 561. The zero-order valence-corrected chi connectivity index (χ0v) is 12.4. The summed E-state index contributed by atoms with van der Waals surface area (Å²) in [7, 11) is -3.50. The number of hydrogen-bond acceptors (Lipinski definition) is 3. The fourth-order valence-corrected chi connectivity index (χ4v) is 4.54. The van der Waals surface area contributed by atoms with Gasteiger partial charge < -0.3 is 5.73 Å². The number of benzene rings is 1. The molecule has 0 spiro atoms. The van der Waals surface area contributed by atoms with Gasteiger partial charge in [0, 0.05) is 12.1 Å². The Hall–Kier alpha value is -0.910. The maximum Gasteiger partial charge on any atom is 0.241 e. The van der Waals surface area contributed by atoms with Crippen molar-refractivity contribution < 1.29 is 8.42 Å². The molecular weight excluding hydrogens is 260 g/mol. The summed E-state index contributed by atoms with van der Waals surface area (Å²) in [5.74, 6) is 0. The molecular formula is C14H22N2O2S. The first-order valence-corrected chi connectivity index (χ1v) is 8.18. The summed E-state index contributed by atoms with van der Waals surface area (Å²) in [4.78, 5) is 0.368. The molecule has 0 heterocycles. The van der Waals surface area contributed by atoms with Gasteiger partial charge in [0.2, 0.25) is 10.0 Å². The van der Waals surface area contributed by atoms with Gasteiger partial charge in [0.1, 0.15) is 0 Å². The summed E-state index contributed by atoms with van der Waals surface area (Å²) in [6.45, 7) is 4.07. The topological polar surface area (TPSA) is 72.2 Å². The lowest BCUT2D eigenvalue weighted by molar-refractivity contribution is 0.399. The van der Waals surface area contributed by atoms with Gasteiger partial charge in [-0.2, -0.15) is 0 Å². The zero-order valence-electron chi connectivity index (χ0n) is 11.6. The molecule has 0 saturated heterocycles. The molecule has 0 aliphatic heterocycles. The molecule has 0 unspecified atom stereocenters. The van der Waals surface area contributed by atoms with E-state index in [0.717, 1.165) is 36.8 Å². The SMILES string of the molecule is Cc1ccc(C)c(S(=O)(=O)NC2(CN)CCCC2)c1. The van der Waals surface area contributed by atoms with Crippen LogP contribution in [0.2, 0.25) is 0 Å². The van der Waals surface area contributed by atoms with Crippen LogP contribution in [0.3, 0.4) is 0 Å². The Labute approximate surface area is 115 Å². The van der Waals surface area contributed by atoms with E-state index < -0.39 is 15.6 Å². The normalized spacial score (nSPS) is 18.7. The van der Waals surface area contributed by atoms with Gasteiger partial charge in [-0.25, -0.2) is 13.1 Å². The van der Waals surface area contributed by atoms with E-state index in [1.807, 2.05) is 26.0 Å². The maximum absolute atomic E-state index is 12.6. The molecule has 1 fully saturated rings. The van der Waals surface area contributed by atoms with Gasteiger partial charge in [-0.05, 0) is 43.9 Å². The maximum atomic E-state index is 12.6. The van der Waals surface area contributed by atoms with E-state index in [0.29, 0.717) is 11.4 Å². The Morgan fingerprint density at radius 3 is 2.47 bits per heavy atom. The first-order valence-electron chi connectivity index (χ1n) is 6.70. The van der Waals surface area contributed by atoms with E-state index >= 15 is 0 Å². The first-order chi connectivity index (χ1) is 8.88. The summed E-state index contributed by atoms with van der Waals surface area (Å²) >= 11 is 0. The highest BCUT2D eigenvalue weighted by Crippen LogP contribution is 2.31. The van der Waals surface area contributed by atoms with Gasteiger partial charge in [0.05, 0.1) is 4.90 Å². The van der Waals surface area contributed by atoms with Crippen molar-refractivity contribution in [3.63, 3.8) is 0 Å². The van der Waals surface area contributed by atoms with E-state index in [1.54, 1.807) is 6.07 Å². The number of aryl methyl sites for hydroxylation is 2. The molecule has 4 nitrogen and oxygen atoms in total. The number of nitrogens with two attached hydrogens (primary N) is 1. The van der Waals surface area contributed by atoms with E-state index in [9.17, 15) is 8.42 Å². The van der Waals surface area contributed by atoms with Crippen LogP contribution in [0.1, 0.15) is 36.8 Å². The predicted molar refractivity (Wildman–Crippen MR) is 76.5 cm³/mol. The van der Waals surface area contributed by atoms with Crippen LogP contribution in [-0.4, -0.2) is 20.5 Å². The van der Waals surface area contributed by atoms with Gasteiger partial charge in [0.15, 0.2) is 0 Å². The highest BCUT2D eigenvalue weighted by atomic mass is 32.2. The number of nitrogens with one attached hydrogen (secondary N) is 1. The molecule has 1 saturated carbocycles. The van der Waals surface area contributed by atoms with Crippen molar-refractivity contribution >= 4 is 10.0 Å². The largest absolute Gasteiger partial charge is 0.329 e. The Balaban J connectivity index is 2.34. The summed E-state index contributed by atoms with van der Waals surface area (Å²) < 4.78 is 28.0. The second kappa shape index (κ2) is 5.23. The van der Waals surface area contributed by atoms with Crippen molar-refractivity contribution in [2.75, 3.05) is 6.54 Å². The second-order valence-electron chi connectivity index (χ2n) is 5.57. The molecule has 2 rings (SSSR count). The third kappa shape index (κ3) is 2.99. The highest BCUT2D eigenvalue weighted by Gasteiger charge is 2.37. The quantitative estimate of drug-likeness (QED) is 0.885. The highest BCUT2D eigenvalue weighted by molar-refractivity contribution is 7.89. The minimum Gasteiger partial charge on any atom is -0.329 e. The molecule has 0 aromatic heterocycles. The lowest BCUT2D eigenvalue weighted by Gasteiger charge is -2.28. The van der Waals surface area contributed by atoms with Gasteiger partial charge in [-0.3, -0.25) is 0 Å². The first kappa shape index (κ1) is 14.5. The number of hydrogen-bond donors (Lipinski definition) is 2. The van der Waals surface area contributed by atoms with Crippen LogP contribution >= 0.6 is 0 Å². The van der Waals surface area contributed by atoms with Gasteiger partial charge in [0.25, 0.3) is 0 Å². The van der Waals surface area contributed by atoms with Crippen molar-refractivity contribution in [3.8, 4) is 0 Å². The molecule has 106 valence electrons. The van der Waals surface area contributed by atoms with Crippen molar-refractivity contribution in [2.45, 2.75) is 50.0 Å². The van der Waals surface area contributed by atoms with Crippen LogP contribution in [0, 0.1) is 13.8 Å². The lowest BCUT2D eigenvalue weighted by Crippen LogP contribution is -2.51. The summed E-state index contributed by atoms with van der Waals surface area (Å²) in [6.07, 6.45) is 3.72. The van der Waals surface area contributed by atoms with Crippen LogP contribution in [0.25, 0.3) is 0 Å². The minimum atomic E-state index is -3.50. The van der Waals surface area contributed by atoms with E-state index in [1.165, 1.54) is 0 Å². The third-order valence-corrected chi connectivity index (χ3v) is 5.66. The van der Waals surface area contributed by atoms with E-state index in [4.69, 9.17) is 5.73 Å². The molecule has 0 bridgehead atoms. The lowest BCUT2D eigenvalue weighted by atomic mass is 10.0. The standard InChI is InChI=1S/C14H22N2O2S/c1-11-5-6-12(2)13(9-11)19(17,18)16-14(10-15)7-3-4-8-14/h5-6,9,16H,3-4,7-8,10,15H2,1-2H3. The molecule has 5 heteroatoms. The van der Waals surface area contributed by atoms with Gasteiger partial charge >= 0.3 is 0 Å². The van der Waals surface area contributed by atoms with Crippen molar-refractivity contribution in [3.05, 3.63) is 29.3 Å². The predicted octanol–water partition coefficient (Wildman–Crippen LogP) is 1.85. The van der Waals surface area contributed by atoms with Gasteiger partial charge in [-0.1, -0.05) is 25.0 Å². The van der Waals surface area contributed by atoms with Crippen LogP contribution < -0.4 is 10.5 Å². The number of rotatable bonds is 4. The number of sulfonamides is 1. The monoisotopic (exact) mass is 282 g/mol. The molecule has 1 aliphatic rings. The van der Waals surface area contributed by atoms with E-state index in [2.05, 4.69) is 4.72 Å². The smallest absolute Gasteiger partial charge is 0.241 e. The third-order valence-electron chi connectivity index (χ3n) is 3.94. The van der Waals surface area contributed by atoms with Crippen LogP contribution in [0.15, 0.2) is 23.1 Å². The second-order valence-corrected chi connectivity index (χ2v) is 7.22. The average molecular weight is 282 g/mol. The minimum absolute atomic E-state index is 0.358. The molecule has 1 aromatic rings. The van der Waals surface area contributed by atoms with Crippen molar-refractivity contribution in [1.82, 2.24) is 4.72 Å². The molecule has 19 heavy (non-hydrogen) atoms. The Kier molecular flexibility index (Phi) is 3.99. The summed E-state index contributed by atoms with van der Waals surface area (Å²) in [5.41, 5.74) is 7.06. The molecule has 1 aliphatic carbocycles. The molecule has 0 radical (unpaired) electrons. The van der Waals surface area contributed by atoms with Crippen LogP contribution in [0.4, 0.5) is 0 Å². The van der Waals surface area contributed by atoms with Crippen molar-refractivity contribution in [1.29, 1.82) is 0 Å². The molecule has 0 atom stereocenters.